The number of nitrogens with two attached hydrogens (primary N) is 1. The second kappa shape index (κ2) is 8.29. The van der Waals surface area contributed by atoms with Crippen LogP contribution in [0.5, 0.6) is 5.75 Å². The van der Waals surface area contributed by atoms with Crippen LogP contribution in [0.25, 0.3) is 11.3 Å². The topological polar surface area (TPSA) is 87.3 Å². The minimum atomic E-state index is -0.522. The predicted octanol–water partition coefficient (Wildman–Crippen LogP) is 3.33. The van der Waals surface area contributed by atoms with Crippen LogP contribution in [0.1, 0.15) is 37.7 Å². The third-order valence-electron chi connectivity index (χ3n) is 3.34. The molecule has 6 heteroatoms. The number of nitrogen functional groups attached to an aromatic ring is 1. The molecule has 0 saturated heterocycles. The summed E-state index contributed by atoms with van der Waals surface area (Å²) < 4.78 is 10.9. The number of aromatic nitrogens is 2. The molecule has 128 valence electrons. The van der Waals surface area contributed by atoms with Gasteiger partial charge in [-0.15, -0.1) is 0 Å². The molecule has 1 aromatic heterocycles. The van der Waals surface area contributed by atoms with Crippen LogP contribution in [0.2, 0.25) is 0 Å². The van der Waals surface area contributed by atoms with E-state index in [1.54, 1.807) is 13.0 Å². The van der Waals surface area contributed by atoms with Gasteiger partial charge in [-0.3, -0.25) is 0 Å². The summed E-state index contributed by atoms with van der Waals surface area (Å²) in [6, 6.07) is 9.09. The molecule has 0 fully saturated rings. The third kappa shape index (κ3) is 4.68. The predicted molar refractivity (Wildman–Crippen MR) is 92.8 cm³/mol. The SMILES string of the molecule is CCOC(=O)c1cc(-c2ccccc2OCCC(C)C)nc(N)n1. The highest BCUT2D eigenvalue weighted by atomic mass is 16.5. The van der Waals surface area contributed by atoms with Gasteiger partial charge in [0.25, 0.3) is 0 Å². The fraction of sp³-hybridized carbons (Fsp3) is 0.389. The van der Waals surface area contributed by atoms with E-state index in [1.165, 1.54) is 0 Å². The van der Waals surface area contributed by atoms with Crippen LogP contribution < -0.4 is 10.5 Å². The van der Waals surface area contributed by atoms with E-state index in [0.29, 0.717) is 24.0 Å². The average molecular weight is 329 g/mol. The van der Waals surface area contributed by atoms with Crippen LogP contribution in [0.15, 0.2) is 30.3 Å². The van der Waals surface area contributed by atoms with Crippen molar-refractivity contribution in [1.82, 2.24) is 9.97 Å². The Morgan fingerprint density at radius 3 is 2.71 bits per heavy atom. The molecular weight excluding hydrogens is 306 g/mol. The molecule has 0 radical (unpaired) electrons. The van der Waals surface area contributed by atoms with E-state index in [0.717, 1.165) is 12.0 Å². The number of hydrogen-bond acceptors (Lipinski definition) is 6. The fourth-order valence-electron chi connectivity index (χ4n) is 2.12. The molecule has 24 heavy (non-hydrogen) atoms. The van der Waals surface area contributed by atoms with Crippen molar-refractivity contribution >= 4 is 11.9 Å². The number of carbonyl (C=O) groups is 1. The summed E-state index contributed by atoms with van der Waals surface area (Å²) in [5, 5.41) is 0. The van der Waals surface area contributed by atoms with Gasteiger partial charge in [-0.05, 0) is 37.5 Å². The Kier molecular flexibility index (Phi) is 6.12. The lowest BCUT2D eigenvalue weighted by Gasteiger charge is -2.13. The molecule has 0 spiro atoms. The Balaban J connectivity index is 2.32. The molecule has 2 rings (SSSR count). The molecule has 0 aliphatic carbocycles. The summed E-state index contributed by atoms with van der Waals surface area (Å²) >= 11 is 0. The van der Waals surface area contributed by atoms with Crippen molar-refractivity contribution in [2.75, 3.05) is 18.9 Å². The van der Waals surface area contributed by atoms with Crippen molar-refractivity contribution in [3.05, 3.63) is 36.0 Å². The fourth-order valence-corrected chi connectivity index (χ4v) is 2.12. The van der Waals surface area contributed by atoms with E-state index in [-0.39, 0.29) is 18.2 Å². The van der Waals surface area contributed by atoms with Gasteiger partial charge < -0.3 is 15.2 Å². The molecule has 0 atom stereocenters. The Hall–Kier alpha value is -2.63. The zero-order chi connectivity index (χ0) is 17.5. The number of anilines is 1. The lowest BCUT2D eigenvalue weighted by molar-refractivity contribution is 0.0519. The monoisotopic (exact) mass is 329 g/mol. The van der Waals surface area contributed by atoms with Gasteiger partial charge in [0.1, 0.15) is 5.75 Å². The molecule has 6 nitrogen and oxygen atoms in total. The van der Waals surface area contributed by atoms with Gasteiger partial charge in [0.2, 0.25) is 5.95 Å². The molecule has 0 amide bonds. The summed E-state index contributed by atoms with van der Waals surface area (Å²) in [5.74, 6) is 0.756. The number of para-hydroxylation sites is 1. The van der Waals surface area contributed by atoms with Crippen LogP contribution >= 0.6 is 0 Å². The van der Waals surface area contributed by atoms with Gasteiger partial charge in [0.15, 0.2) is 5.69 Å². The van der Waals surface area contributed by atoms with E-state index in [1.807, 2.05) is 24.3 Å². The van der Waals surface area contributed by atoms with Gasteiger partial charge >= 0.3 is 5.97 Å². The van der Waals surface area contributed by atoms with E-state index >= 15 is 0 Å². The Morgan fingerprint density at radius 1 is 1.25 bits per heavy atom. The summed E-state index contributed by atoms with van der Waals surface area (Å²) in [6.07, 6.45) is 0.953. The minimum Gasteiger partial charge on any atom is -0.493 e. The smallest absolute Gasteiger partial charge is 0.357 e. The number of nitrogens with zero attached hydrogens (tertiary/aromatic N) is 2. The highest BCUT2D eigenvalue weighted by molar-refractivity contribution is 5.89. The van der Waals surface area contributed by atoms with Gasteiger partial charge in [0, 0.05) is 5.56 Å². The Bertz CT molecular complexity index is 702. The number of esters is 1. The maximum absolute atomic E-state index is 11.9. The van der Waals surface area contributed by atoms with Crippen molar-refractivity contribution in [1.29, 1.82) is 0 Å². The van der Waals surface area contributed by atoms with Crippen LogP contribution in [0.4, 0.5) is 5.95 Å². The third-order valence-corrected chi connectivity index (χ3v) is 3.34. The zero-order valence-electron chi connectivity index (χ0n) is 14.3. The number of benzene rings is 1. The normalized spacial score (nSPS) is 10.7. The Labute approximate surface area is 142 Å². The highest BCUT2D eigenvalue weighted by Gasteiger charge is 2.15. The molecule has 0 saturated carbocycles. The number of hydrogen-bond donors (Lipinski definition) is 1. The summed E-state index contributed by atoms with van der Waals surface area (Å²) in [6.45, 7) is 6.91. The first kappa shape index (κ1) is 17.7. The quantitative estimate of drug-likeness (QED) is 0.784. The zero-order valence-corrected chi connectivity index (χ0v) is 14.3. The molecule has 2 aromatic rings. The van der Waals surface area contributed by atoms with Crippen molar-refractivity contribution in [2.24, 2.45) is 5.92 Å². The van der Waals surface area contributed by atoms with Crippen LogP contribution in [-0.4, -0.2) is 29.2 Å². The van der Waals surface area contributed by atoms with E-state index in [4.69, 9.17) is 15.2 Å². The van der Waals surface area contributed by atoms with E-state index < -0.39 is 5.97 Å². The number of ether oxygens (including phenoxy) is 2. The molecule has 1 heterocycles. The lowest BCUT2D eigenvalue weighted by atomic mass is 10.1. The highest BCUT2D eigenvalue weighted by Crippen LogP contribution is 2.29. The van der Waals surface area contributed by atoms with Gasteiger partial charge in [-0.25, -0.2) is 14.8 Å². The summed E-state index contributed by atoms with van der Waals surface area (Å²) in [7, 11) is 0. The van der Waals surface area contributed by atoms with E-state index in [9.17, 15) is 4.79 Å². The first-order valence-electron chi connectivity index (χ1n) is 8.05. The number of rotatable bonds is 7. The summed E-state index contributed by atoms with van der Waals surface area (Å²) in [4.78, 5) is 20.1. The van der Waals surface area contributed by atoms with E-state index in [2.05, 4.69) is 23.8 Å². The standard InChI is InChI=1S/C18H23N3O3/c1-4-23-17(22)15-11-14(20-18(19)21-15)13-7-5-6-8-16(13)24-10-9-12(2)3/h5-8,11-12H,4,9-10H2,1-3H3,(H2,19,20,21). The summed E-state index contributed by atoms with van der Waals surface area (Å²) in [5.41, 5.74) is 7.18. The maximum atomic E-state index is 11.9. The first-order chi connectivity index (χ1) is 11.5. The average Bonchev–Trinajstić information content (AvgIpc) is 2.54. The molecule has 1 aromatic carbocycles. The van der Waals surface area contributed by atoms with Crippen LogP contribution in [0, 0.1) is 5.92 Å². The van der Waals surface area contributed by atoms with Crippen molar-refractivity contribution in [2.45, 2.75) is 27.2 Å². The van der Waals surface area contributed by atoms with Crippen molar-refractivity contribution < 1.29 is 14.3 Å². The van der Waals surface area contributed by atoms with Crippen LogP contribution in [-0.2, 0) is 4.74 Å². The minimum absolute atomic E-state index is 0.0209. The molecule has 0 bridgehead atoms. The Morgan fingerprint density at radius 2 is 2.00 bits per heavy atom. The second-order valence-corrected chi connectivity index (χ2v) is 5.74. The molecule has 0 aliphatic rings. The maximum Gasteiger partial charge on any atom is 0.357 e. The first-order valence-corrected chi connectivity index (χ1v) is 8.05. The molecule has 0 aliphatic heterocycles. The lowest BCUT2D eigenvalue weighted by Crippen LogP contribution is -2.10. The molecular formula is C18H23N3O3. The second-order valence-electron chi connectivity index (χ2n) is 5.74. The molecule has 2 N–H and O–H groups in total. The van der Waals surface area contributed by atoms with Crippen molar-refractivity contribution in [3.63, 3.8) is 0 Å². The van der Waals surface area contributed by atoms with Crippen LogP contribution in [0.3, 0.4) is 0 Å². The molecule has 0 unspecified atom stereocenters. The van der Waals surface area contributed by atoms with Gasteiger partial charge in [-0.2, -0.15) is 0 Å². The van der Waals surface area contributed by atoms with Gasteiger partial charge in [0.05, 0.1) is 18.9 Å². The number of carbonyl (C=O) groups excluding carboxylic acids is 1. The van der Waals surface area contributed by atoms with Crippen molar-refractivity contribution in [3.8, 4) is 17.0 Å². The van der Waals surface area contributed by atoms with Gasteiger partial charge in [-0.1, -0.05) is 26.0 Å². The largest absolute Gasteiger partial charge is 0.493 e.